The van der Waals surface area contributed by atoms with Crippen LogP contribution < -0.4 is 5.32 Å². The Hall–Kier alpha value is -1.06. The van der Waals surface area contributed by atoms with E-state index in [0.717, 1.165) is 31.4 Å². The zero-order chi connectivity index (χ0) is 13.7. The minimum absolute atomic E-state index is 0.0427. The highest BCUT2D eigenvalue weighted by Gasteiger charge is 2.28. The second-order valence-corrected chi connectivity index (χ2v) is 5.37. The van der Waals surface area contributed by atoms with Crippen molar-refractivity contribution in [2.45, 2.75) is 44.8 Å². The Labute approximate surface area is 119 Å². The molecule has 1 fully saturated rings. The molecule has 2 rings (SSSR count). The minimum Gasteiger partial charge on any atom is -0.365 e. The Morgan fingerprint density at radius 1 is 1.47 bits per heavy atom. The average Bonchev–Trinajstić information content (AvgIpc) is 2.83. The second kappa shape index (κ2) is 6.92. The van der Waals surface area contributed by atoms with E-state index in [0.29, 0.717) is 5.88 Å². The molecule has 0 spiro atoms. The number of nitrogens with one attached hydrogen (secondary N) is 1. The third-order valence-electron chi connectivity index (χ3n) is 3.32. The molecule has 4 heteroatoms. The summed E-state index contributed by atoms with van der Waals surface area (Å²) in [7, 11) is 0. The quantitative estimate of drug-likeness (QED) is 0.841. The molecule has 2 unspecified atom stereocenters. The summed E-state index contributed by atoms with van der Waals surface area (Å²) in [6.45, 7) is 2.00. The van der Waals surface area contributed by atoms with Gasteiger partial charge in [0.05, 0.1) is 6.10 Å². The molecule has 1 saturated heterocycles. The van der Waals surface area contributed by atoms with Gasteiger partial charge >= 0.3 is 0 Å². The van der Waals surface area contributed by atoms with Gasteiger partial charge in [0.15, 0.2) is 0 Å². The van der Waals surface area contributed by atoms with Crippen LogP contribution in [0.3, 0.4) is 0 Å². The van der Waals surface area contributed by atoms with E-state index in [-0.39, 0.29) is 18.1 Å². The number of aryl methyl sites for hydroxylation is 1. The van der Waals surface area contributed by atoms with Gasteiger partial charge in [0.2, 0.25) is 0 Å². The predicted molar refractivity (Wildman–Crippen MR) is 77.7 cm³/mol. The lowest BCUT2D eigenvalue weighted by Gasteiger charge is -2.12. The summed E-state index contributed by atoms with van der Waals surface area (Å²) in [5.41, 5.74) is 2.03. The maximum Gasteiger partial charge on any atom is 0.253 e. The molecule has 0 aromatic heterocycles. The maximum atomic E-state index is 12.0. The summed E-state index contributed by atoms with van der Waals surface area (Å²) in [4.78, 5) is 12.0. The summed E-state index contributed by atoms with van der Waals surface area (Å²) in [5, 5.41) is 2.92. The van der Waals surface area contributed by atoms with Gasteiger partial charge in [-0.25, -0.2) is 0 Å². The number of carbonyl (C=O) groups is 1. The van der Waals surface area contributed by atoms with Gasteiger partial charge in [-0.15, -0.1) is 11.6 Å². The lowest BCUT2D eigenvalue weighted by atomic mass is 10.1. The van der Waals surface area contributed by atoms with Crippen LogP contribution in [0.1, 0.15) is 31.7 Å². The van der Waals surface area contributed by atoms with E-state index in [9.17, 15) is 4.79 Å². The first-order valence-corrected chi connectivity index (χ1v) is 7.33. The molecule has 1 heterocycles. The van der Waals surface area contributed by atoms with Gasteiger partial charge in [-0.2, -0.15) is 0 Å². The van der Waals surface area contributed by atoms with Crippen molar-refractivity contribution in [3.63, 3.8) is 0 Å². The van der Waals surface area contributed by atoms with Crippen molar-refractivity contribution in [2.24, 2.45) is 0 Å². The Morgan fingerprint density at radius 3 is 3.00 bits per heavy atom. The van der Waals surface area contributed by atoms with Gasteiger partial charge in [0.25, 0.3) is 5.91 Å². The van der Waals surface area contributed by atoms with E-state index >= 15 is 0 Å². The third-order valence-corrected chi connectivity index (χ3v) is 3.59. The smallest absolute Gasteiger partial charge is 0.253 e. The summed E-state index contributed by atoms with van der Waals surface area (Å²) in [6.07, 6.45) is 3.52. The molecule has 0 radical (unpaired) electrons. The number of benzene rings is 1. The van der Waals surface area contributed by atoms with Gasteiger partial charge in [-0.1, -0.05) is 12.1 Å². The standard InChI is InChI=1S/C15H20ClNO2/c1-11-7-8-14(19-11)15(18)17-13-6-2-4-12(10-13)5-3-9-16/h2,4,6,10-11,14H,3,5,7-9H2,1H3,(H,17,18). The van der Waals surface area contributed by atoms with Crippen molar-refractivity contribution in [3.05, 3.63) is 29.8 Å². The van der Waals surface area contributed by atoms with Crippen LogP contribution in [0, 0.1) is 0 Å². The molecule has 0 bridgehead atoms. The van der Waals surface area contributed by atoms with Gasteiger partial charge in [0.1, 0.15) is 6.10 Å². The number of hydrogen-bond donors (Lipinski definition) is 1. The highest BCUT2D eigenvalue weighted by molar-refractivity contribution is 6.17. The zero-order valence-electron chi connectivity index (χ0n) is 11.2. The maximum absolute atomic E-state index is 12.0. The van der Waals surface area contributed by atoms with Crippen molar-refractivity contribution >= 4 is 23.2 Å². The normalized spacial score (nSPS) is 22.4. The molecular weight excluding hydrogens is 262 g/mol. The molecule has 1 amide bonds. The Kier molecular flexibility index (Phi) is 5.23. The molecule has 2 atom stereocenters. The van der Waals surface area contributed by atoms with Crippen LogP contribution in [0.25, 0.3) is 0 Å². The Bertz CT molecular complexity index is 436. The van der Waals surface area contributed by atoms with Crippen LogP contribution in [0.15, 0.2) is 24.3 Å². The van der Waals surface area contributed by atoms with Gasteiger partial charge < -0.3 is 10.1 Å². The number of alkyl halides is 1. The SMILES string of the molecule is CC1CCC(C(=O)Nc2cccc(CCCCl)c2)O1. The monoisotopic (exact) mass is 281 g/mol. The molecule has 19 heavy (non-hydrogen) atoms. The first-order valence-electron chi connectivity index (χ1n) is 6.80. The largest absolute Gasteiger partial charge is 0.365 e. The van der Waals surface area contributed by atoms with Crippen molar-refractivity contribution < 1.29 is 9.53 Å². The Morgan fingerprint density at radius 2 is 2.32 bits per heavy atom. The molecule has 3 nitrogen and oxygen atoms in total. The summed E-state index contributed by atoms with van der Waals surface area (Å²) < 4.78 is 5.56. The molecule has 1 aromatic rings. The number of anilines is 1. The fourth-order valence-corrected chi connectivity index (χ4v) is 2.43. The van der Waals surface area contributed by atoms with E-state index in [1.165, 1.54) is 5.56 Å². The molecule has 1 aliphatic rings. The zero-order valence-corrected chi connectivity index (χ0v) is 12.0. The molecule has 0 aliphatic carbocycles. The van der Waals surface area contributed by atoms with Crippen molar-refractivity contribution in [1.29, 1.82) is 0 Å². The van der Waals surface area contributed by atoms with Gasteiger partial charge in [0, 0.05) is 11.6 Å². The lowest BCUT2D eigenvalue weighted by Crippen LogP contribution is -2.27. The average molecular weight is 282 g/mol. The molecule has 104 valence electrons. The number of rotatable bonds is 5. The highest BCUT2D eigenvalue weighted by atomic mass is 35.5. The van der Waals surface area contributed by atoms with E-state index < -0.39 is 0 Å². The third kappa shape index (κ3) is 4.22. The van der Waals surface area contributed by atoms with E-state index in [2.05, 4.69) is 11.4 Å². The van der Waals surface area contributed by atoms with E-state index in [1.54, 1.807) is 0 Å². The second-order valence-electron chi connectivity index (χ2n) is 4.99. The van der Waals surface area contributed by atoms with Gasteiger partial charge in [-0.3, -0.25) is 4.79 Å². The highest BCUT2D eigenvalue weighted by Crippen LogP contribution is 2.21. The van der Waals surface area contributed by atoms with Crippen molar-refractivity contribution in [1.82, 2.24) is 0 Å². The van der Waals surface area contributed by atoms with Crippen LogP contribution in [0.2, 0.25) is 0 Å². The lowest BCUT2D eigenvalue weighted by molar-refractivity contribution is -0.126. The molecule has 1 N–H and O–H groups in total. The van der Waals surface area contributed by atoms with Crippen LogP contribution in [-0.2, 0) is 16.0 Å². The van der Waals surface area contributed by atoms with E-state index in [4.69, 9.17) is 16.3 Å². The van der Waals surface area contributed by atoms with Crippen LogP contribution in [-0.4, -0.2) is 24.0 Å². The summed E-state index contributed by atoms with van der Waals surface area (Å²) >= 11 is 5.69. The number of ether oxygens (including phenoxy) is 1. The number of amides is 1. The Balaban J connectivity index is 1.93. The first-order chi connectivity index (χ1) is 9.19. The van der Waals surface area contributed by atoms with Crippen molar-refractivity contribution in [3.8, 4) is 0 Å². The van der Waals surface area contributed by atoms with Crippen molar-refractivity contribution in [2.75, 3.05) is 11.2 Å². The number of hydrogen-bond acceptors (Lipinski definition) is 2. The number of halogens is 1. The fourth-order valence-electron chi connectivity index (χ4n) is 2.29. The topological polar surface area (TPSA) is 38.3 Å². The first kappa shape index (κ1) is 14.4. The van der Waals surface area contributed by atoms with Gasteiger partial charge in [-0.05, 0) is 50.3 Å². The van der Waals surface area contributed by atoms with Crippen LogP contribution >= 0.6 is 11.6 Å². The summed E-state index contributed by atoms with van der Waals surface area (Å²) in [5.74, 6) is 0.614. The van der Waals surface area contributed by atoms with E-state index in [1.807, 2.05) is 25.1 Å². The van der Waals surface area contributed by atoms with Crippen LogP contribution in [0.5, 0.6) is 0 Å². The molecule has 0 saturated carbocycles. The molecule has 1 aromatic carbocycles. The summed E-state index contributed by atoms with van der Waals surface area (Å²) in [6, 6.07) is 7.91. The van der Waals surface area contributed by atoms with Crippen LogP contribution in [0.4, 0.5) is 5.69 Å². The fraction of sp³-hybridized carbons (Fsp3) is 0.533. The predicted octanol–water partition coefficient (Wildman–Crippen LogP) is 3.36. The molecular formula is C15H20ClNO2. The molecule has 1 aliphatic heterocycles. The minimum atomic E-state index is -0.304. The number of carbonyl (C=O) groups excluding carboxylic acids is 1.